The van der Waals surface area contributed by atoms with Gasteiger partial charge in [0.05, 0.1) is 5.69 Å². The van der Waals surface area contributed by atoms with Crippen LogP contribution in [0.1, 0.15) is 12.6 Å². The van der Waals surface area contributed by atoms with Gasteiger partial charge in [-0.15, -0.1) is 0 Å². The molecule has 3 aromatic rings. The Labute approximate surface area is 124 Å². The van der Waals surface area contributed by atoms with Crippen LogP contribution in [0.4, 0.5) is 0 Å². The first-order valence-electron chi connectivity index (χ1n) is 7.15. The van der Waals surface area contributed by atoms with Crippen LogP contribution >= 0.6 is 0 Å². The number of aromatic nitrogens is 2. The second-order valence-electron chi connectivity index (χ2n) is 5.10. The lowest BCUT2D eigenvalue weighted by Crippen LogP contribution is -2.31. The third kappa shape index (κ3) is 3.61. The molecule has 0 aliphatic heterocycles. The first kappa shape index (κ1) is 13.6. The molecule has 0 bridgehead atoms. The molecule has 0 amide bonds. The average molecular weight is 281 g/mol. The van der Waals surface area contributed by atoms with Crippen LogP contribution in [0.15, 0.2) is 60.9 Å². The van der Waals surface area contributed by atoms with Gasteiger partial charge in [0, 0.05) is 25.0 Å². The normalized spacial score (nSPS) is 12.4. The van der Waals surface area contributed by atoms with Crippen LogP contribution in [0.5, 0.6) is 5.75 Å². The third-order valence-corrected chi connectivity index (χ3v) is 3.29. The Hall–Kier alpha value is -2.33. The quantitative estimate of drug-likeness (QED) is 0.755. The van der Waals surface area contributed by atoms with Crippen molar-refractivity contribution in [2.75, 3.05) is 6.61 Å². The van der Waals surface area contributed by atoms with Crippen molar-refractivity contribution >= 4 is 5.65 Å². The van der Waals surface area contributed by atoms with Gasteiger partial charge in [0.1, 0.15) is 18.0 Å². The Morgan fingerprint density at radius 2 is 1.95 bits per heavy atom. The van der Waals surface area contributed by atoms with Crippen molar-refractivity contribution in [1.29, 1.82) is 0 Å². The van der Waals surface area contributed by atoms with Crippen LogP contribution in [0.2, 0.25) is 0 Å². The number of imidazole rings is 1. The van der Waals surface area contributed by atoms with Gasteiger partial charge in [0.15, 0.2) is 0 Å². The number of para-hydroxylation sites is 1. The summed E-state index contributed by atoms with van der Waals surface area (Å²) in [6.45, 7) is 3.48. The predicted molar refractivity (Wildman–Crippen MR) is 83.4 cm³/mol. The predicted octanol–water partition coefficient (Wildman–Crippen LogP) is 2.89. The maximum atomic E-state index is 5.73. The van der Waals surface area contributed by atoms with E-state index in [0.29, 0.717) is 6.61 Å². The molecule has 2 heterocycles. The molecule has 1 N–H and O–H groups in total. The van der Waals surface area contributed by atoms with Crippen LogP contribution in [-0.2, 0) is 6.54 Å². The molecule has 4 nitrogen and oxygen atoms in total. The van der Waals surface area contributed by atoms with Gasteiger partial charge in [-0.1, -0.05) is 24.3 Å². The van der Waals surface area contributed by atoms with Gasteiger partial charge in [-0.05, 0) is 31.2 Å². The van der Waals surface area contributed by atoms with Crippen molar-refractivity contribution in [2.24, 2.45) is 0 Å². The number of benzene rings is 1. The number of rotatable bonds is 6. The van der Waals surface area contributed by atoms with Crippen LogP contribution in [0.3, 0.4) is 0 Å². The Morgan fingerprint density at radius 3 is 2.76 bits per heavy atom. The number of nitrogens with zero attached hydrogens (tertiary/aromatic N) is 2. The molecular weight excluding hydrogens is 262 g/mol. The van der Waals surface area contributed by atoms with Crippen LogP contribution in [0, 0.1) is 0 Å². The summed E-state index contributed by atoms with van der Waals surface area (Å²) in [5.74, 6) is 0.902. The molecule has 0 spiro atoms. The molecule has 0 radical (unpaired) electrons. The zero-order valence-corrected chi connectivity index (χ0v) is 12.1. The SMILES string of the molecule is CC(COc1ccccc1)NCc1cn2ccccc2n1. The molecule has 1 atom stereocenters. The minimum absolute atomic E-state index is 0.259. The average Bonchev–Trinajstić information content (AvgIpc) is 2.95. The lowest BCUT2D eigenvalue weighted by atomic mass is 10.3. The van der Waals surface area contributed by atoms with Crippen LogP contribution < -0.4 is 10.1 Å². The highest BCUT2D eigenvalue weighted by atomic mass is 16.5. The molecule has 0 aliphatic carbocycles. The lowest BCUT2D eigenvalue weighted by molar-refractivity contribution is 0.272. The fourth-order valence-corrected chi connectivity index (χ4v) is 2.15. The number of hydrogen-bond donors (Lipinski definition) is 1. The van der Waals surface area contributed by atoms with Crippen LogP contribution in [-0.4, -0.2) is 22.0 Å². The maximum Gasteiger partial charge on any atom is 0.137 e. The van der Waals surface area contributed by atoms with Crippen molar-refractivity contribution in [1.82, 2.24) is 14.7 Å². The van der Waals surface area contributed by atoms with Gasteiger partial charge in [-0.3, -0.25) is 0 Å². The smallest absolute Gasteiger partial charge is 0.137 e. The van der Waals surface area contributed by atoms with Crippen molar-refractivity contribution in [3.8, 4) is 5.75 Å². The molecule has 1 unspecified atom stereocenters. The fourth-order valence-electron chi connectivity index (χ4n) is 2.15. The Kier molecular flexibility index (Phi) is 4.17. The molecule has 3 rings (SSSR count). The lowest BCUT2D eigenvalue weighted by Gasteiger charge is -2.14. The largest absolute Gasteiger partial charge is 0.492 e. The van der Waals surface area contributed by atoms with E-state index in [1.165, 1.54) is 0 Å². The fraction of sp³-hybridized carbons (Fsp3) is 0.235. The number of nitrogens with one attached hydrogen (secondary N) is 1. The molecular formula is C17H19N3O. The first-order valence-corrected chi connectivity index (χ1v) is 7.15. The zero-order valence-electron chi connectivity index (χ0n) is 12.1. The van der Waals surface area contributed by atoms with Crippen molar-refractivity contribution in [3.05, 3.63) is 66.6 Å². The molecule has 4 heteroatoms. The summed E-state index contributed by atoms with van der Waals surface area (Å²) in [4.78, 5) is 4.56. The van der Waals surface area contributed by atoms with Gasteiger partial charge in [0.2, 0.25) is 0 Å². The van der Waals surface area contributed by atoms with Crippen molar-refractivity contribution in [3.63, 3.8) is 0 Å². The number of ether oxygens (including phenoxy) is 1. The highest BCUT2D eigenvalue weighted by molar-refractivity contribution is 5.39. The molecule has 0 fully saturated rings. The second kappa shape index (κ2) is 6.41. The van der Waals surface area contributed by atoms with E-state index in [-0.39, 0.29) is 6.04 Å². The second-order valence-corrected chi connectivity index (χ2v) is 5.10. The summed E-state index contributed by atoms with van der Waals surface area (Å²) in [7, 11) is 0. The van der Waals surface area contributed by atoms with Gasteiger partial charge in [-0.25, -0.2) is 4.98 Å². The molecule has 1 aromatic carbocycles. The van der Waals surface area contributed by atoms with Gasteiger partial charge >= 0.3 is 0 Å². The number of fused-ring (bicyclic) bond motifs is 1. The molecule has 0 saturated carbocycles. The minimum atomic E-state index is 0.259. The molecule has 2 aromatic heterocycles. The van der Waals surface area contributed by atoms with Crippen molar-refractivity contribution < 1.29 is 4.74 Å². The Bertz CT molecular complexity index is 660. The Balaban J connectivity index is 1.50. The third-order valence-electron chi connectivity index (χ3n) is 3.29. The van der Waals surface area contributed by atoms with E-state index in [1.807, 2.05) is 65.3 Å². The molecule has 0 saturated heterocycles. The molecule has 108 valence electrons. The van der Waals surface area contributed by atoms with E-state index in [4.69, 9.17) is 4.74 Å². The van der Waals surface area contributed by atoms with Gasteiger partial charge in [0.25, 0.3) is 0 Å². The maximum absolute atomic E-state index is 5.73. The van der Waals surface area contributed by atoms with Gasteiger partial charge < -0.3 is 14.5 Å². The van der Waals surface area contributed by atoms with Crippen LogP contribution in [0.25, 0.3) is 5.65 Å². The summed E-state index contributed by atoms with van der Waals surface area (Å²) in [6, 6.07) is 16.1. The monoisotopic (exact) mass is 281 g/mol. The summed E-state index contributed by atoms with van der Waals surface area (Å²) in [5, 5.41) is 3.43. The van der Waals surface area contributed by atoms with Gasteiger partial charge in [-0.2, -0.15) is 0 Å². The summed E-state index contributed by atoms with van der Waals surface area (Å²) in [5.41, 5.74) is 2.01. The van der Waals surface area contributed by atoms with E-state index in [2.05, 4.69) is 17.2 Å². The Morgan fingerprint density at radius 1 is 1.14 bits per heavy atom. The highest BCUT2D eigenvalue weighted by Crippen LogP contribution is 2.09. The topological polar surface area (TPSA) is 38.6 Å². The molecule has 0 aliphatic rings. The van der Waals surface area contributed by atoms with Crippen molar-refractivity contribution in [2.45, 2.75) is 19.5 Å². The number of pyridine rings is 1. The summed E-state index contributed by atoms with van der Waals surface area (Å²) < 4.78 is 7.76. The van der Waals surface area contributed by atoms with E-state index < -0.39 is 0 Å². The number of hydrogen-bond acceptors (Lipinski definition) is 3. The van der Waals surface area contributed by atoms with E-state index in [9.17, 15) is 0 Å². The molecule has 21 heavy (non-hydrogen) atoms. The first-order chi connectivity index (χ1) is 10.3. The van der Waals surface area contributed by atoms with E-state index in [0.717, 1.165) is 23.6 Å². The minimum Gasteiger partial charge on any atom is -0.492 e. The zero-order chi connectivity index (χ0) is 14.5. The summed E-state index contributed by atoms with van der Waals surface area (Å²) >= 11 is 0. The van der Waals surface area contributed by atoms with E-state index in [1.54, 1.807) is 0 Å². The standard InChI is InChI=1S/C17H19N3O/c1-14(13-21-16-7-3-2-4-8-16)18-11-15-12-20-10-6-5-9-17(20)19-15/h2-10,12,14,18H,11,13H2,1H3. The summed E-state index contributed by atoms with van der Waals surface area (Å²) in [6.07, 6.45) is 4.06. The van der Waals surface area contributed by atoms with E-state index >= 15 is 0 Å². The highest BCUT2D eigenvalue weighted by Gasteiger charge is 2.05.